The maximum atomic E-state index is 12.7. The molecule has 3 nitrogen and oxygen atoms in total. The molecule has 1 rings (SSSR count). The van der Waals surface area contributed by atoms with Crippen LogP contribution in [0.3, 0.4) is 0 Å². The minimum Gasteiger partial charge on any atom is -0.396 e. The van der Waals surface area contributed by atoms with E-state index in [9.17, 15) is 9.18 Å². The monoisotopic (exact) mass is 299 g/mol. The second-order valence-electron chi connectivity index (χ2n) is 5.51. The molecular weight excluding hydrogens is 277 g/mol. The fourth-order valence-electron chi connectivity index (χ4n) is 1.71. The van der Waals surface area contributed by atoms with Crippen LogP contribution in [0.4, 0.5) is 4.39 Å². The molecule has 0 saturated heterocycles. The number of amides is 1. The van der Waals surface area contributed by atoms with Gasteiger partial charge >= 0.3 is 0 Å². The largest absolute Gasteiger partial charge is 0.396 e. The van der Waals surface area contributed by atoms with Crippen LogP contribution in [0.5, 0.6) is 0 Å². The fraction of sp³-hybridized carbons (Fsp3) is 0.533. The lowest BCUT2D eigenvalue weighted by molar-refractivity contribution is -0.119. The summed E-state index contributed by atoms with van der Waals surface area (Å²) in [5.41, 5.74) is -0.0149. The molecule has 0 aliphatic heterocycles. The van der Waals surface area contributed by atoms with Crippen molar-refractivity contribution in [1.29, 1.82) is 0 Å². The van der Waals surface area contributed by atoms with Gasteiger partial charge in [0.1, 0.15) is 5.82 Å². The number of hydrogen-bond donors (Lipinski definition) is 2. The first-order valence-corrected chi connectivity index (χ1v) is 7.67. The first-order valence-electron chi connectivity index (χ1n) is 6.69. The Bertz CT molecular complexity index is 420. The summed E-state index contributed by atoms with van der Waals surface area (Å²) in [6, 6.07) is 6.10. The summed E-state index contributed by atoms with van der Waals surface area (Å²) in [4.78, 5) is 12.6. The quantitative estimate of drug-likeness (QED) is 0.726. The zero-order valence-electron chi connectivity index (χ0n) is 12.0. The van der Waals surface area contributed by atoms with Crippen LogP contribution in [0.2, 0.25) is 0 Å². The summed E-state index contributed by atoms with van der Waals surface area (Å²) >= 11 is 1.39. The lowest BCUT2D eigenvalue weighted by Gasteiger charge is -2.24. The molecule has 0 aromatic heterocycles. The van der Waals surface area contributed by atoms with Gasteiger partial charge in [-0.2, -0.15) is 0 Å². The minimum atomic E-state index is -0.274. The van der Waals surface area contributed by atoms with E-state index in [1.807, 2.05) is 0 Å². The highest BCUT2D eigenvalue weighted by Crippen LogP contribution is 2.21. The van der Waals surface area contributed by atoms with Crippen molar-refractivity contribution < 1.29 is 14.3 Å². The van der Waals surface area contributed by atoms with Crippen LogP contribution in [0.15, 0.2) is 29.2 Å². The van der Waals surface area contributed by atoms with Crippen LogP contribution in [0.1, 0.15) is 26.7 Å². The van der Waals surface area contributed by atoms with Gasteiger partial charge in [-0.1, -0.05) is 13.8 Å². The van der Waals surface area contributed by atoms with E-state index in [-0.39, 0.29) is 23.7 Å². The Morgan fingerprint density at radius 3 is 2.60 bits per heavy atom. The zero-order chi connectivity index (χ0) is 15.0. The Kier molecular flexibility index (Phi) is 7.02. The Morgan fingerprint density at radius 1 is 1.35 bits per heavy atom. The predicted octanol–water partition coefficient (Wildman–Crippen LogP) is 2.83. The third-order valence-corrected chi connectivity index (χ3v) is 3.97. The van der Waals surface area contributed by atoms with E-state index in [4.69, 9.17) is 5.11 Å². The number of thioether (sulfide) groups is 1. The number of aliphatic hydroxyl groups is 1. The van der Waals surface area contributed by atoms with Crippen molar-refractivity contribution >= 4 is 17.7 Å². The highest BCUT2D eigenvalue weighted by Gasteiger charge is 2.18. The fourth-order valence-corrected chi connectivity index (χ4v) is 2.44. The molecule has 0 atom stereocenters. The molecule has 0 fully saturated rings. The van der Waals surface area contributed by atoms with Crippen molar-refractivity contribution in [2.75, 3.05) is 18.9 Å². The van der Waals surface area contributed by atoms with Crippen molar-refractivity contribution in [2.24, 2.45) is 5.41 Å². The third-order valence-electron chi connectivity index (χ3n) is 2.96. The van der Waals surface area contributed by atoms with Crippen LogP contribution < -0.4 is 5.32 Å². The average Bonchev–Trinajstić information content (AvgIpc) is 2.42. The molecule has 0 unspecified atom stereocenters. The van der Waals surface area contributed by atoms with Crippen molar-refractivity contribution in [3.05, 3.63) is 30.1 Å². The van der Waals surface area contributed by atoms with Gasteiger partial charge in [0.25, 0.3) is 0 Å². The molecule has 5 heteroatoms. The van der Waals surface area contributed by atoms with E-state index >= 15 is 0 Å². The molecule has 0 bridgehead atoms. The number of carbonyl (C=O) groups excluding carboxylic acids is 1. The smallest absolute Gasteiger partial charge is 0.230 e. The van der Waals surface area contributed by atoms with Gasteiger partial charge in [0.2, 0.25) is 5.91 Å². The molecule has 0 aliphatic rings. The summed E-state index contributed by atoms with van der Waals surface area (Å²) in [6.07, 6.45) is 1.61. The Morgan fingerprint density at radius 2 is 2.00 bits per heavy atom. The van der Waals surface area contributed by atoms with E-state index in [2.05, 4.69) is 19.2 Å². The Balaban J connectivity index is 2.28. The van der Waals surface area contributed by atoms with Gasteiger partial charge in [0.05, 0.1) is 5.75 Å². The summed E-state index contributed by atoms with van der Waals surface area (Å²) < 4.78 is 12.7. The van der Waals surface area contributed by atoms with E-state index in [0.29, 0.717) is 12.3 Å². The highest BCUT2D eigenvalue weighted by molar-refractivity contribution is 8.00. The minimum absolute atomic E-state index is 0.0149. The first kappa shape index (κ1) is 17.0. The lowest BCUT2D eigenvalue weighted by Crippen LogP contribution is -2.35. The van der Waals surface area contributed by atoms with Gasteiger partial charge in [-0.3, -0.25) is 4.79 Å². The van der Waals surface area contributed by atoms with E-state index in [1.54, 1.807) is 12.1 Å². The molecule has 112 valence electrons. The number of aliphatic hydroxyl groups excluding tert-OH is 1. The SMILES string of the molecule is CC(C)(CCCO)CNC(=O)CSc1ccc(F)cc1. The molecule has 0 aliphatic carbocycles. The van der Waals surface area contributed by atoms with Crippen LogP contribution in [-0.2, 0) is 4.79 Å². The third kappa shape index (κ3) is 6.91. The van der Waals surface area contributed by atoms with Crippen molar-refractivity contribution in [3.8, 4) is 0 Å². The van der Waals surface area contributed by atoms with Gasteiger partial charge in [-0.25, -0.2) is 4.39 Å². The molecule has 0 radical (unpaired) electrons. The number of hydrogen-bond acceptors (Lipinski definition) is 3. The molecule has 1 aromatic carbocycles. The molecule has 0 spiro atoms. The number of halogens is 1. The number of carbonyl (C=O) groups is 1. The predicted molar refractivity (Wildman–Crippen MR) is 80.2 cm³/mol. The topological polar surface area (TPSA) is 49.3 Å². The van der Waals surface area contributed by atoms with Gasteiger partial charge < -0.3 is 10.4 Å². The van der Waals surface area contributed by atoms with Gasteiger partial charge in [0.15, 0.2) is 0 Å². The molecule has 0 saturated carbocycles. The van der Waals surface area contributed by atoms with Crippen LogP contribution >= 0.6 is 11.8 Å². The molecule has 0 heterocycles. The van der Waals surface area contributed by atoms with Crippen LogP contribution in [-0.4, -0.2) is 29.9 Å². The van der Waals surface area contributed by atoms with Crippen molar-refractivity contribution in [3.63, 3.8) is 0 Å². The first-order chi connectivity index (χ1) is 9.43. The van der Waals surface area contributed by atoms with Gasteiger partial charge in [0, 0.05) is 18.0 Å². The second kappa shape index (κ2) is 8.27. The van der Waals surface area contributed by atoms with Crippen molar-refractivity contribution in [1.82, 2.24) is 5.32 Å². The van der Waals surface area contributed by atoms with Crippen LogP contribution in [0.25, 0.3) is 0 Å². The van der Waals surface area contributed by atoms with Crippen molar-refractivity contribution in [2.45, 2.75) is 31.6 Å². The average molecular weight is 299 g/mol. The van der Waals surface area contributed by atoms with E-state index in [0.717, 1.165) is 17.7 Å². The van der Waals surface area contributed by atoms with Gasteiger partial charge in [-0.05, 0) is 42.5 Å². The Labute approximate surface area is 124 Å². The van der Waals surface area contributed by atoms with E-state index in [1.165, 1.54) is 23.9 Å². The maximum absolute atomic E-state index is 12.7. The molecular formula is C15H22FNO2S. The standard InChI is InChI=1S/C15H22FNO2S/c1-15(2,8-3-9-18)11-17-14(19)10-20-13-6-4-12(16)5-7-13/h4-7,18H,3,8-11H2,1-2H3,(H,17,19). The molecule has 2 N–H and O–H groups in total. The van der Waals surface area contributed by atoms with Crippen LogP contribution in [0, 0.1) is 11.2 Å². The number of rotatable bonds is 8. The summed E-state index contributed by atoms with van der Waals surface area (Å²) in [5, 5.41) is 11.7. The molecule has 1 amide bonds. The maximum Gasteiger partial charge on any atom is 0.230 e. The summed E-state index contributed by atoms with van der Waals surface area (Å²) in [5.74, 6) is 0.0164. The molecule has 1 aromatic rings. The summed E-state index contributed by atoms with van der Waals surface area (Å²) in [6.45, 7) is 4.90. The number of benzene rings is 1. The van der Waals surface area contributed by atoms with Gasteiger partial charge in [-0.15, -0.1) is 11.8 Å². The second-order valence-corrected chi connectivity index (χ2v) is 6.56. The highest BCUT2D eigenvalue weighted by atomic mass is 32.2. The summed E-state index contributed by atoms with van der Waals surface area (Å²) in [7, 11) is 0. The Hall–Kier alpha value is -1.07. The molecule has 20 heavy (non-hydrogen) atoms. The normalized spacial score (nSPS) is 11.4. The lowest BCUT2D eigenvalue weighted by atomic mass is 9.88. The number of nitrogens with one attached hydrogen (secondary N) is 1. The van der Waals surface area contributed by atoms with E-state index < -0.39 is 0 Å². The zero-order valence-corrected chi connectivity index (χ0v) is 12.8.